The maximum Gasteiger partial charge on any atom is 0.355 e. The van der Waals surface area contributed by atoms with Crippen LogP contribution in [0.15, 0.2) is 89.1 Å². The molecule has 0 fully saturated rings. The fourth-order valence-electron chi connectivity index (χ4n) is 2.60. The van der Waals surface area contributed by atoms with E-state index in [1.54, 1.807) is 42.5 Å². The van der Waals surface area contributed by atoms with Crippen LogP contribution in [0.1, 0.15) is 15.9 Å². The summed E-state index contributed by atoms with van der Waals surface area (Å²) in [6.07, 6.45) is 2.98. The van der Waals surface area contributed by atoms with Gasteiger partial charge in [0.15, 0.2) is 11.5 Å². The third-order valence-electron chi connectivity index (χ3n) is 4.24. The van der Waals surface area contributed by atoms with Gasteiger partial charge in [-0.05, 0) is 54.1 Å². The first-order valence-corrected chi connectivity index (χ1v) is 9.57. The molecule has 8 nitrogen and oxygen atoms in total. The zero-order chi connectivity index (χ0) is 22.8. The van der Waals surface area contributed by atoms with Crippen molar-refractivity contribution in [2.75, 3.05) is 19.7 Å². The van der Waals surface area contributed by atoms with Crippen LogP contribution in [0.5, 0.6) is 11.5 Å². The minimum Gasteiger partial charge on any atom is -0.493 e. The molecule has 0 spiro atoms. The Balaban J connectivity index is 1.54. The molecule has 0 radical (unpaired) electrons. The molecule has 0 aromatic heterocycles. The summed E-state index contributed by atoms with van der Waals surface area (Å²) in [5.41, 5.74) is 4.76. The molecule has 3 aromatic rings. The highest BCUT2D eigenvalue weighted by molar-refractivity contribution is 5.95. The smallest absolute Gasteiger partial charge is 0.355 e. The molecule has 3 rings (SSSR count). The molecule has 0 aliphatic heterocycles. The third-order valence-corrected chi connectivity index (χ3v) is 4.24. The number of amides is 1. The summed E-state index contributed by atoms with van der Waals surface area (Å²) in [5, 5.41) is 7.66. The number of benzene rings is 3. The number of carbonyl (C=O) groups is 2. The number of rotatable bonds is 8. The number of carbonyl (C=O) groups excluding carboxylic acids is 2. The van der Waals surface area contributed by atoms with Crippen molar-refractivity contribution in [3.05, 3.63) is 90.0 Å². The Kier molecular flexibility index (Phi) is 7.69. The molecule has 1 amide bonds. The van der Waals surface area contributed by atoms with E-state index in [9.17, 15) is 9.59 Å². The van der Waals surface area contributed by atoms with Gasteiger partial charge >= 0.3 is 5.97 Å². The van der Waals surface area contributed by atoms with Gasteiger partial charge < -0.3 is 14.3 Å². The number of ether oxygens (including phenoxy) is 2. The number of nitrogens with one attached hydrogen (secondary N) is 1. The molecule has 0 aliphatic rings. The van der Waals surface area contributed by atoms with Gasteiger partial charge in [-0.2, -0.15) is 0 Å². The maximum atomic E-state index is 12.3. The normalized spacial score (nSPS) is 10.8. The Labute approximate surface area is 185 Å². The third kappa shape index (κ3) is 6.27. The van der Waals surface area contributed by atoms with Gasteiger partial charge in [0.05, 0.1) is 25.6 Å². The van der Waals surface area contributed by atoms with Crippen LogP contribution < -0.4 is 15.0 Å². The zero-order valence-corrected chi connectivity index (χ0v) is 17.5. The first-order chi connectivity index (χ1) is 15.6. The molecular formula is C24H21N3O5. The van der Waals surface area contributed by atoms with E-state index in [-0.39, 0.29) is 0 Å². The highest BCUT2D eigenvalue weighted by Gasteiger charge is 2.10. The summed E-state index contributed by atoms with van der Waals surface area (Å²) in [7, 11) is 3.00. The lowest BCUT2D eigenvalue weighted by Crippen LogP contribution is -2.07. The highest BCUT2D eigenvalue weighted by Crippen LogP contribution is 2.28. The van der Waals surface area contributed by atoms with Crippen LogP contribution in [0.4, 0.5) is 11.4 Å². The minimum absolute atomic E-state index is 0.320. The number of azo groups is 1. The zero-order valence-electron chi connectivity index (χ0n) is 17.5. The quantitative estimate of drug-likeness (QED) is 0.299. The average molecular weight is 431 g/mol. The lowest BCUT2D eigenvalue weighted by Gasteiger charge is -2.07. The molecule has 0 heterocycles. The molecule has 1 N–H and O–H groups in total. The van der Waals surface area contributed by atoms with E-state index in [1.807, 2.05) is 30.3 Å². The fourth-order valence-corrected chi connectivity index (χ4v) is 2.60. The van der Waals surface area contributed by atoms with Crippen LogP contribution in [0.2, 0.25) is 0 Å². The van der Waals surface area contributed by atoms with Crippen molar-refractivity contribution in [2.24, 2.45) is 10.2 Å². The Bertz CT molecular complexity index is 1130. The summed E-state index contributed by atoms with van der Waals surface area (Å²) < 4.78 is 10.3. The molecule has 0 aliphatic carbocycles. The Hall–Kier alpha value is -4.46. The van der Waals surface area contributed by atoms with Crippen LogP contribution in [-0.4, -0.2) is 26.1 Å². The standard InChI is InChI=1S/C24H21N3O5/c1-30-21-14-9-18(16-22(21)31-2)24(29)26-25-19-10-12-20(13-11-19)27-32-23(28)15-8-17-6-4-3-5-7-17/h3-16,27H,1-2H3. The molecule has 32 heavy (non-hydrogen) atoms. The van der Waals surface area contributed by atoms with Crippen molar-refractivity contribution in [3.8, 4) is 11.5 Å². The second-order valence-electron chi connectivity index (χ2n) is 6.39. The van der Waals surface area contributed by atoms with Crippen LogP contribution in [0, 0.1) is 0 Å². The van der Waals surface area contributed by atoms with E-state index in [0.29, 0.717) is 28.4 Å². The van der Waals surface area contributed by atoms with E-state index in [1.165, 1.54) is 26.4 Å². The summed E-state index contributed by atoms with van der Waals surface area (Å²) in [5.74, 6) is -0.122. The summed E-state index contributed by atoms with van der Waals surface area (Å²) in [6, 6.07) is 20.7. The first-order valence-electron chi connectivity index (χ1n) is 9.57. The monoisotopic (exact) mass is 431 g/mol. The van der Waals surface area contributed by atoms with Gasteiger partial charge in [-0.1, -0.05) is 30.3 Å². The van der Waals surface area contributed by atoms with Gasteiger partial charge in [0.2, 0.25) is 0 Å². The second kappa shape index (κ2) is 11.1. The topological polar surface area (TPSA) is 98.6 Å². The van der Waals surface area contributed by atoms with Crippen molar-refractivity contribution in [1.82, 2.24) is 0 Å². The molecule has 162 valence electrons. The van der Waals surface area contributed by atoms with E-state index in [0.717, 1.165) is 5.56 Å². The van der Waals surface area contributed by atoms with Gasteiger partial charge in [0.25, 0.3) is 5.91 Å². The first kappa shape index (κ1) is 22.2. The average Bonchev–Trinajstić information content (AvgIpc) is 2.85. The van der Waals surface area contributed by atoms with E-state index in [4.69, 9.17) is 14.3 Å². The van der Waals surface area contributed by atoms with Crippen LogP contribution >= 0.6 is 0 Å². The summed E-state index contributed by atoms with van der Waals surface area (Å²) in [6.45, 7) is 0. The molecule has 0 atom stereocenters. The van der Waals surface area contributed by atoms with E-state index < -0.39 is 11.9 Å². The minimum atomic E-state index is -0.543. The van der Waals surface area contributed by atoms with Crippen molar-refractivity contribution in [1.29, 1.82) is 0 Å². The van der Waals surface area contributed by atoms with Gasteiger partial charge in [-0.25, -0.2) is 10.3 Å². The molecule has 3 aromatic carbocycles. The molecule has 0 saturated carbocycles. The van der Waals surface area contributed by atoms with Gasteiger partial charge in [-0.3, -0.25) is 4.79 Å². The molecule has 0 bridgehead atoms. The fraction of sp³-hybridized carbons (Fsp3) is 0.0833. The van der Waals surface area contributed by atoms with Gasteiger partial charge in [0, 0.05) is 11.6 Å². The van der Waals surface area contributed by atoms with Crippen molar-refractivity contribution in [2.45, 2.75) is 0 Å². The van der Waals surface area contributed by atoms with Crippen LogP contribution in [0.25, 0.3) is 6.08 Å². The number of hydrogen-bond donors (Lipinski definition) is 1. The van der Waals surface area contributed by atoms with Crippen molar-refractivity contribution in [3.63, 3.8) is 0 Å². The Morgan fingerprint density at radius 1 is 0.875 bits per heavy atom. The van der Waals surface area contributed by atoms with Crippen molar-refractivity contribution < 1.29 is 23.9 Å². The summed E-state index contributed by atoms with van der Waals surface area (Å²) in [4.78, 5) is 29.0. The number of anilines is 1. The summed E-state index contributed by atoms with van der Waals surface area (Å²) >= 11 is 0. The van der Waals surface area contributed by atoms with Gasteiger partial charge in [-0.15, -0.1) is 10.2 Å². The lowest BCUT2D eigenvalue weighted by molar-refractivity contribution is -0.134. The highest BCUT2D eigenvalue weighted by atomic mass is 16.7. The number of hydrogen-bond acceptors (Lipinski definition) is 7. The van der Waals surface area contributed by atoms with E-state index in [2.05, 4.69) is 15.7 Å². The maximum absolute atomic E-state index is 12.3. The van der Waals surface area contributed by atoms with Crippen molar-refractivity contribution >= 4 is 29.3 Å². The largest absolute Gasteiger partial charge is 0.493 e. The Morgan fingerprint density at radius 3 is 2.28 bits per heavy atom. The second-order valence-corrected chi connectivity index (χ2v) is 6.39. The number of nitrogens with zero attached hydrogens (tertiary/aromatic N) is 2. The molecule has 0 saturated heterocycles. The molecular weight excluding hydrogens is 410 g/mol. The Morgan fingerprint density at radius 2 is 1.59 bits per heavy atom. The van der Waals surface area contributed by atoms with Gasteiger partial charge in [0.1, 0.15) is 0 Å². The lowest BCUT2D eigenvalue weighted by atomic mass is 10.2. The molecule has 8 heteroatoms. The van der Waals surface area contributed by atoms with Crippen LogP contribution in [-0.2, 0) is 9.63 Å². The number of methoxy groups -OCH3 is 2. The van der Waals surface area contributed by atoms with E-state index >= 15 is 0 Å². The predicted octanol–water partition coefficient (Wildman–Crippen LogP) is 5.21. The SMILES string of the molecule is COc1ccc(C(=O)N=Nc2ccc(NOC(=O)C=Cc3ccccc3)cc2)cc1OC. The predicted molar refractivity (Wildman–Crippen MR) is 120 cm³/mol. The van der Waals surface area contributed by atoms with Crippen LogP contribution in [0.3, 0.4) is 0 Å². The molecule has 0 unspecified atom stereocenters.